The van der Waals surface area contributed by atoms with Crippen molar-refractivity contribution < 1.29 is 19.1 Å². The van der Waals surface area contributed by atoms with Gasteiger partial charge in [0.05, 0.1) is 0 Å². The maximum Gasteiger partial charge on any atom is 0.252 e. The summed E-state index contributed by atoms with van der Waals surface area (Å²) in [5, 5.41) is 5.79. The van der Waals surface area contributed by atoms with Crippen LogP contribution in [0.25, 0.3) is 0 Å². The smallest absolute Gasteiger partial charge is 0.252 e. The van der Waals surface area contributed by atoms with Gasteiger partial charge in [-0.25, -0.2) is 0 Å². The molecule has 0 fully saturated rings. The number of ether oxygens (including phenoxy) is 1. The van der Waals surface area contributed by atoms with E-state index in [9.17, 15) is 14.4 Å². The summed E-state index contributed by atoms with van der Waals surface area (Å²) < 4.78 is 5.94. The standard InChI is InChI=1S/C29H32N4O4/c1-19(2)14-25-28(35)32-26(29(36)33(3)18-21-6-5-13-30-17-21)15-20-9-11-23(12-10-20)37-24-8-4-7-22(16-24)27(34)31-25/h4-13,16-17,19,25-26H,14-15,18H2,1-3H3,(H,31,34)(H,32,35)/t25-,26+/m0/s1. The highest BCUT2D eigenvalue weighted by Gasteiger charge is 2.30. The Hall–Kier alpha value is -4.20. The second kappa shape index (κ2) is 11.7. The van der Waals surface area contributed by atoms with Gasteiger partial charge in [-0.2, -0.15) is 0 Å². The number of nitrogens with zero attached hydrogens (tertiary/aromatic N) is 2. The molecule has 0 radical (unpaired) electrons. The monoisotopic (exact) mass is 500 g/mol. The fourth-order valence-electron chi connectivity index (χ4n) is 4.29. The lowest BCUT2D eigenvalue weighted by Gasteiger charge is -2.27. The number of nitrogens with one attached hydrogen (secondary N) is 2. The summed E-state index contributed by atoms with van der Waals surface area (Å²) >= 11 is 0. The minimum absolute atomic E-state index is 0.141. The van der Waals surface area contributed by atoms with Crippen molar-refractivity contribution in [1.82, 2.24) is 20.5 Å². The summed E-state index contributed by atoms with van der Waals surface area (Å²) in [4.78, 5) is 45.8. The molecule has 37 heavy (non-hydrogen) atoms. The molecular formula is C29H32N4O4. The Morgan fingerprint density at radius 2 is 1.84 bits per heavy atom. The minimum Gasteiger partial charge on any atom is -0.457 e. The van der Waals surface area contributed by atoms with E-state index in [0.29, 0.717) is 36.4 Å². The molecule has 3 amide bonds. The summed E-state index contributed by atoms with van der Waals surface area (Å²) in [5.41, 5.74) is 2.14. The number of hydrogen-bond donors (Lipinski definition) is 2. The molecule has 0 unspecified atom stereocenters. The molecule has 0 aliphatic carbocycles. The van der Waals surface area contributed by atoms with Gasteiger partial charge in [0.1, 0.15) is 23.6 Å². The van der Waals surface area contributed by atoms with Crippen LogP contribution in [0.4, 0.5) is 0 Å². The summed E-state index contributed by atoms with van der Waals surface area (Å²) in [5.74, 6) is 0.256. The fraction of sp³-hybridized carbons (Fsp3) is 0.310. The number of benzene rings is 2. The van der Waals surface area contributed by atoms with Crippen molar-refractivity contribution in [2.75, 3.05) is 7.05 Å². The molecule has 1 aromatic heterocycles. The number of amides is 3. The van der Waals surface area contributed by atoms with Crippen molar-refractivity contribution in [3.63, 3.8) is 0 Å². The van der Waals surface area contributed by atoms with Crippen molar-refractivity contribution in [1.29, 1.82) is 0 Å². The molecule has 3 aromatic rings. The Bertz CT molecular complexity index is 1240. The minimum atomic E-state index is -0.821. The number of hydrogen-bond acceptors (Lipinski definition) is 5. The molecule has 0 saturated heterocycles. The van der Waals surface area contributed by atoms with Crippen LogP contribution in [0.5, 0.6) is 11.5 Å². The van der Waals surface area contributed by atoms with Gasteiger partial charge < -0.3 is 20.3 Å². The highest BCUT2D eigenvalue weighted by atomic mass is 16.5. The van der Waals surface area contributed by atoms with Crippen LogP contribution in [0.15, 0.2) is 73.1 Å². The molecule has 8 nitrogen and oxygen atoms in total. The van der Waals surface area contributed by atoms with Crippen LogP contribution in [0.3, 0.4) is 0 Å². The number of aromatic nitrogens is 1. The molecule has 2 N–H and O–H groups in total. The van der Waals surface area contributed by atoms with E-state index in [0.717, 1.165) is 11.1 Å². The SMILES string of the molecule is CC(C)C[C@@H]1NC(=O)c2cccc(c2)Oc2ccc(cc2)C[C@H](C(=O)N(C)Cc2cccnc2)NC1=O. The van der Waals surface area contributed by atoms with Gasteiger partial charge >= 0.3 is 0 Å². The van der Waals surface area contributed by atoms with Crippen molar-refractivity contribution in [3.05, 3.63) is 89.7 Å². The zero-order chi connectivity index (χ0) is 26.4. The van der Waals surface area contributed by atoms with E-state index in [2.05, 4.69) is 15.6 Å². The molecule has 0 spiro atoms. The van der Waals surface area contributed by atoms with Gasteiger partial charge in [-0.3, -0.25) is 19.4 Å². The number of carbonyl (C=O) groups excluding carboxylic acids is 3. The third-order valence-electron chi connectivity index (χ3n) is 6.16. The van der Waals surface area contributed by atoms with Gasteiger partial charge in [0.25, 0.3) is 5.91 Å². The van der Waals surface area contributed by atoms with Gasteiger partial charge in [0, 0.05) is 38.0 Å². The molecule has 4 bridgehead atoms. The van der Waals surface area contributed by atoms with Crippen molar-refractivity contribution in [2.45, 2.75) is 45.3 Å². The third kappa shape index (κ3) is 6.94. The first-order chi connectivity index (χ1) is 17.8. The molecule has 2 atom stereocenters. The van der Waals surface area contributed by atoms with E-state index in [1.807, 2.05) is 50.2 Å². The van der Waals surface area contributed by atoms with Gasteiger partial charge in [-0.15, -0.1) is 0 Å². The van der Waals surface area contributed by atoms with Crippen LogP contribution in [-0.4, -0.2) is 46.7 Å². The van der Waals surface area contributed by atoms with Crippen LogP contribution in [0.1, 0.15) is 41.8 Å². The number of rotatable bonds is 5. The quantitative estimate of drug-likeness (QED) is 0.556. The molecule has 0 saturated carbocycles. The van der Waals surface area contributed by atoms with E-state index in [4.69, 9.17) is 4.74 Å². The van der Waals surface area contributed by atoms with Crippen LogP contribution < -0.4 is 15.4 Å². The molecule has 2 aliphatic heterocycles. The second-order valence-corrected chi connectivity index (χ2v) is 9.75. The number of fused-ring (bicyclic) bond motifs is 8. The van der Waals surface area contributed by atoms with E-state index >= 15 is 0 Å². The maximum atomic E-state index is 13.5. The largest absolute Gasteiger partial charge is 0.457 e. The number of pyridine rings is 1. The maximum absolute atomic E-state index is 13.5. The van der Waals surface area contributed by atoms with E-state index < -0.39 is 18.0 Å². The van der Waals surface area contributed by atoms with Gasteiger partial charge in [-0.1, -0.05) is 38.1 Å². The molecular weight excluding hydrogens is 468 g/mol. The topological polar surface area (TPSA) is 101 Å². The Kier molecular flexibility index (Phi) is 8.18. The van der Waals surface area contributed by atoms with Crippen LogP contribution in [0, 0.1) is 5.92 Å². The summed E-state index contributed by atoms with van der Waals surface area (Å²) in [7, 11) is 1.70. The summed E-state index contributed by atoms with van der Waals surface area (Å²) in [6, 6.07) is 16.3. The van der Waals surface area contributed by atoms with E-state index in [1.54, 1.807) is 48.6 Å². The predicted octanol–water partition coefficient (Wildman–Crippen LogP) is 3.72. The molecule has 8 heteroatoms. The highest BCUT2D eigenvalue weighted by molar-refractivity contribution is 5.98. The molecule has 3 heterocycles. The lowest BCUT2D eigenvalue weighted by Crippen LogP contribution is -2.54. The Morgan fingerprint density at radius 1 is 1.05 bits per heavy atom. The first kappa shape index (κ1) is 25.9. The fourth-order valence-corrected chi connectivity index (χ4v) is 4.29. The van der Waals surface area contributed by atoms with Crippen LogP contribution in [-0.2, 0) is 22.6 Å². The van der Waals surface area contributed by atoms with Crippen molar-refractivity contribution in [3.8, 4) is 11.5 Å². The average Bonchev–Trinajstić information content (AvgIpc) is 2.88. The van der Waals surface area contributed by atoms with Gasteiger partial charge in [0.15, 0.2) is 0 Å². The Morgan fingerprint density at radius 3 is 2.54 bits per heavy atom. The zero-order valence-corrected chi connectivity index (χ0v) is 21.3. The van der Waals surface area contributed by atoms with Crippen LogP contribution in [0.2, 0.25) is 0 Å². The first-order valence-corrected chi connectivity index (χ1v) is 12.4. The predicted molar refractivity (Wildman–Crippen MR) is 140 cm³/mol. The zero-order valence-electron chi connectivity index (χ0n) is 21.3. The van der Waals surface area contributed by atoms with Crippen molar-refractivity contribution in [2.24, 2.45) is 5.92 Å². The Labute approximate surface area is 217 Å². The lowest BCUT2D eigenvalue weighted by atomic mass is 10.0. The van der Waals surface area contributed by atoms with Crippen molar-refractivity contribution >= 4 is 17.7 Å². The molecule has 5 rings (SSSR count). The lowest BCUT2D eigenvalue weighted by molar-refractivity contribution is -0.136. The first-order valence-electron chi connectivity index (χ1n) is 12.4. The third-order valence-corrected chi connectivity index (χ3v) is 6.16. The highest BCUT2D eigenvalue weighted by Crippen LogP contribution is 2.24. The average molecular weight is 501 g/mol. The number of likely N-dealkylation sites (N-methyl/N-ethyl adjacent to an activating group) is 1. The van der Waals surface area contributed by atoms with E-state index in [-0.39, 0.29) is 17.7 Å². The molecule has 2 aromatic carbocycles. The summed E-state index contributed by atoms with van der Waals surface area (Å²) in [6.45, 7) is 4.32. The van der Waals surface area contributed by atoms with Gasteiger partial charge in [0.2, 0.25) is 11.8 Å². The number of carbonyl (C=O) groups is 3. The van der Waals surface area contributed by atoms with Gasteiger partial charge in [-0.05, 0) is 59.9 Å². The normalized spacial score (nSPS) is 17.7. The Balaban J connectivity index is 1.65. The second-order valence-electron chi connectivity index (χ2n) is 9.75. The van der Waals surface area contributed by atoms with E-state index in [1.165, 1.54) is 0 Å². The molecule has 192 valence electrons. The van der Waals surface area contributed by atoms with Crippen LogP contribution >= 0.6 is 0 Å². The summed E-state index contributed by atoms with van der Waals surface area (Å²) in [6.07, 6.45) is 4.10. The molecule has 2 aliphatic rings.